The molecule has 0 spiro atoms. The van der Waals surface area contributed by atoms with E-state index in [0.717, 1.165) is 11.3 Å². The van der Waals surface area contributed by atoms with Crippen molar-refractivity contribution >= 4 is 23.2 Å². The van der Waals surface area contributed by atoms with Crippen molar-refractivity contribution in [3.8, 4) is 0 Å². The molecule has 0 saturated heterocycles. The van der Waals surface area contributed by atoms with Crippen molar-refractivity contribution in [3.05, 3.63) is 77.6 Å². The van der Waals surface area contributed by atoms with Gasteiger partial charge in [0.15, 0.2) is 0 Å². The van der Waals surface area contributed by atoms with Crippen molar-refractivity contribution in [1.29, 1.82) is 0 Å². The highest BCUT2D eigenvalue weighted by Gasteiger charge is 2.22. The molecule has 0 fully saturated rings. The quantitative estimate of drug-likeness (QED) is 0.782. The zero-order chi connectivity index (χ0) is 16.1. The average Bonchev–Trinajstić information content (AvgIpc) is 3.09. The van der Waals surface area contributed by atoms with Crippen LogP contribution >= 0.6 is 11.6 Å². The Kier molecular flexibility index (Phi) is 4.68. The van der Waals surface area contributed by atoms with Crippen LogP contribution in [0.5, 0.6) is 0 Å². The van der Waals surface area contributed by atoms with Gasteiger partial charge in [-0.2, -0.15) is 0 Å². The summed E-state index contributed by atoms with van der Waals surface area (Å²) in [6, 6.07) is 16.3. The molecular formula is C17H15ClN4O. The number of rotatable bonds is 5. The van der Waals surface area contributed by atoms with Crippen molar-refractivity contribution in [2.24, 2.45) is 0 Å². The minimum absolute atomic E-state index is 0.142. The third kappa shape index (κ3) is 3.96. The molecule has 1 atom stereocenters. The second kappa shape index (κ2) is 7.07. The van der Waals surface area contributed by atoms with Crippen molar-refractivity contribution in [3.63, 3.8) is 0 Å². The summed E-state index contributed by atoms with van der Waals surface area (Å²) in [5.74, 6) is -0.142. The van der Waals surface area contributed by atoms with E-state index in [2.05, 4.69) is 15.6 Å². The zero-order valence-electron chi connectivity index (χ0n) is 12.3. The van der Waals surface area contributed by atoms with Crippen molar-refractivity contribution in [2.75, 3.05) is 5.32 Å². The molecule has 23 heavy (non-hydrogen) atoms. The molecule has 3 rings (SSSR count). The van der Waals surface area contributed by atoms with Crippen LogP contribution in [0.15, 0.2) is 67.0 Å². The normalized spacial score (nSPS) is 11.9. The first kappa shape index (κ1) is 15.2. The summed E-state index contributed by atoms with van der Waals surface area (Å²) in [6.07, 6.45) is 3.75. The van der Waals surface area contributed by atoms with E-state index in [1.54, 1.807) is 17.1 Å². The van der Waals surface area contributed by atoms with Crippen LogP contribution < -0.4 is 5.32 Å². The fraction of sp³-hybridized carbons (Fsp3) is 0.118. The highest BCUT2D eigenvalue weighted by Crippen LogP contribution is 2.18. The Labute approximate surface area is 138 Å². The van der Waals surface area contributed by atoms with E-state index in [-0.39, 0.29) is 5.91 Å². The maximum Gasteiger partial charge on any atom is 0.249 e. The van der Waals surface area contributed by atoms with Crippen molar-refractivity contribution < 1.29 is 4.79 Å². The summed E-state index contributed by atoms with van der Waals surface area (Å²) in [6.45, 7) is 0. The first-order chi connectivity index (χ1) is 11.2. The topological polar surface area (TPSA) is 59.8 Å². The van der Waals surface area contributed by atoms with E-state index >= 15 is 0 Å². The van der Waals surface area contributed by atoms with Gasteiger partial charge in [0.2, 0.25) is 5.91 Å². The van der Waals surface area contributed by atoms with E-state index in [9.17, 15) is 4.79 Å². The van der Waals surface area contributed by atoms with Gasteiger partial charge in [-0.25, -0.2) is 4.68 Å². The first-order valence-electron chi connectivity index (χ1n) is 7.18. The van der Waals surface area contributed by atoms with Crippen LogP contribution in [0.2, 0.25) is 5.02 Å². The van der Waals surface area contributed by atoms with Gasteiger partial charge in [0.1, 0.15) is 6.04 Å². The zero-order valence-corrected chi connectivity index (χ0v) is 13.0. The summed E-state index contributed by atoms with van der Waals surface area (Å²) in [4.78, 5) is 12.7. The van der Waals surface area contributed by atoms with Gasteiger partial charge in [0.05, 0.1) is 6.20 Å². The number of amides is 1. The van der Waals surface area contributed by atoms with Gasteiger partial charge in [-0.3, -0.25) is 4.79 Å². The Bertz CT molecular complexity index is 757. The Morgan fingerprint density at radius 2 is 1.87 bits per heavy atom. The molecule has 1 aromatic heterocycles. The van der Waals surface area contributed by atoms with Gasteiger partial charge >= 0.3 is 0 Å². The number of hydrogen-bond acceptors (Lipinski definition) is 3. The van der Waals surface area contributed by atoms with Crippen LogP contribution in [0.4, 0.5) is 5.69 Å². The lowest BCUT2D eigenvalue weighted by Gasteiger charge is -2.17. The molecule has 0 aliphatic carbocycles. The molecule has 0 aliphatic rings. The van der Waals surface area contributed by atoms with Crippen molar-refractivity contribution in [1.82, 2.24) is 15.0 Å². The number of carbonyl (C=O) groups excluding carboxylic acids is 1. The molecule has 116 valence electrons. The number of nitrogens with zero attached hydrogens (tertiary/aromatic N) is 3. The van der Waals surface area contributed by atoms with Crippen LogP contribution in [0.3, 0.4) is 0 Å². The van der Waals surface area contributed by atoms with E-state index in [1.165, 1.54) is 0 Å². The fourth-order valence-electron chi connectivity index (χ4n) is 2.28. The minimum Gasteiger partial charge on any atom is -0.324 e. The van der Waals surface area contributed by atoms with Gasteiger partial charge in [-0.05, 0) is 29.8 Å². The Morgan fingerprint density at radius 1 is 1.13 bits per heavy atom. The second-order valence-electron chi connectivity index (χ2n) is 5.08. The number of halogens is 1. The van der Waals surface area contributed by atoms with Crippen LogP contribution in [-0.2, 0) is 11.2 Å². The molecular weight excluding hydrogens is 312 g/mol. The molecule has 2 aromatic carbocycles. The van der Waals surface area contributed by atoms with E-state index in [4.69, 9.17) is 11.6 Å². The predicted octanol–water partition coefficient (Wildman–Crippen LogP) is 3.35. The summed E-state index contributed by atoms with van der Waals surface area (Å²) in [7, 11) is 0. The predicted molar refractivity (Wildman–Crippen MR) is 89.3 cm³/mol. The lowest BCUT2D eigenvalue weighted by atomic mass is 10.1. The van der Waals surface area contributed by atoms with Crippen LogP contribution in [0, 0.1) is 0 Å². The van der Waals surface area contributed by atoms with E-state index in [0.29, 0.717) is 11.4 Å². The Hall–Kier alpha value is -2.66. The van der Waals surface area contributed by atoms with Gasteiger partial charge in [0, 0.05) is 23.3 Å². The van der Waals surface area contributed by atoms with E-state index < -0.39 is 6.04 Å². The third-order valence-electron chi connectivity index (χ3n) is 3.45. The highest BCUT2D eigenvalue weighted by molar-refractivity contribution is 6.30. The molecule has 6 heteroatoms. The van der Waals surface area contributed by atoms with Gasteiger partial charge in [-0.15, -0.1) is 5.10 Å². The molecule has 1 unspecified atom stereocenters. The van der Waals surface area contributed by atoms with Gasteiger partial charge in [-0.1, -0.05) is 47.1 Å². The molecule has 0 aliphatic heterocycles. The van der Waals surface area contributed by atoms with Crippen LogP contribution in [0.25, 0.3) is 0 Å². The molecule has 1 amide bonds. The Balaban J connectivity index is 1.81. The van der Waals surface area contributed by atoms with Gasteiger partial charge < -0.3 is 5.32 Å². The summed E-state index contributed by atoms with van der Waals surface area (Å²) >= 11 is 5.91. The maximum atomic E-state index is 12.7. The summed E-state index contributed by atoms with van der Waals surface area (Å²) < 4.78 is 1.56. The molecule has 5 nitrogen and oxygen atoms in total. The minimum atomic E-state index is -0.487. The lowest BCUT2D eigenvalue weighted by molar-refractivity contribution is -0.119. The monoisotopic (exact) mass is 326 g/mol. The number of para-hydroxylation sites is 1. The average molecular weight is 327 g/mol. The number of aromatic nitrogens is 3. The number of hydrogen-bond donors (Lipinski definition) is 1. The molecule has 0 bridgehead atoms. The molecule has 1 N–H and O–H groups in total. The second-order valence-corrected chi connectivity index (χ2v) is 5.52. The van der Waals surface area contributed by atoms with Gasteiger partial charge in [0.25, 0.3) is 0 Å². The molecule has 3 aromatic rings. The van der Waals surface area contributed by atoms with Crippen molar-refractivity contribution in [2.45, 2.75) is 12.5 Å². The van der Waals surface area contributed by atoms with E-state index in [1.807, 2.05) is 54.6 Å². The maximum absolute atomic E-state index is 12.7. The SMILES string of the molecule is O=C(Nc1ccccc1)C(Cc1ccc(Cl)cc1)n1ccnn1. The first-order valence-corrected chi connectivity index (χ1v) is 7.56. The number of carbonyl (C=O) groups is 1. The molecule has 1 heterocycles. The smallest absolute Gasteiger partial charge is 0.249 e. The fourth-order valence-corrected chi connectivity index (χ4v) is 2.41. The highest BCUT2D eigenvalue weighted by atomic mass is 35.5. The number of benzene rings is 2. The number of anilines is 1. The number of nitrogens with one attached hydrogen (secondary N) is 1. The largest absolute Gasteiger partial charge is 0.324 e. The molecule has 0 radical (unpaired) electrons. The Morgan fingerprint density at radius 3 is 2.52 bits per heavy atom. The van der Waals surface area contributed by atoms with Crippen LogP contribution in [0.1, 0.15) is 11.6 Å². The standard InChI is InChI=1S/C17H15ClN4O/c18-14-8-6-13(7-9-14)12-16(22-11-10-19-21-22)17(23)20-15-4-2-1-3-5-15/h1-11,16H,12H2,(H,20,23). The van der Waals surface area contributed by atoms with Crippen LogP contribution in [-0.4, -0.2) is 20.9 Å². The third-order valence-corrected chi connectivity index (χ3v) is 3.70. The summed E-state index contributed by atoms with van der Waals surface area (Å²) in [5.41, 5.74) is 1.75. The summed E-state index contributed by atoms with van der Waals surface area (Å²) in [5, 5.41) is 11.3. The molecule has 0 saturated carbocycles. The lowest BCUT2D eigenvalue weighted by Crippen LogP contribution is -2.28.